The molecule has 8 nitrogen and oxygen atoms in total. The van der Waals surface area contributed by atoms with E-state index < -0.39 is 18.2 Å². The minimum absolute atomic E-state index is 0.00825. The molecule has 0 aromatic carbocycles. The van der Waals surface area contributed by atoms with Crippen LogP contribution in [-0.2, 0) is 19.2 Å². The third-order valence-corrected chi connectivity index (χ3v) is 5.27. The number of carbonyl (C=O) groups excluding carboxylic acids is 4. The Morgan fingerprint density at radius 1 is 1.04 bits per heavy atom. The largest absolute Gasteiger partial charge is 0.391 e. The van der Waals surface area contributed by atoms with Gasteiger partial charge in [-0.1, -0.05) is 13.8 Å². The third kappa shape index (κ3) is 5.28. The molecule has 2 fully saturated rings. The van der Waals surface area contributed by atoms with E-state index in [1.807, 2.05) is 6.92 Å². The fraction of sp³-hybridized carbons (Fsp3) is 0.789. The monoisotopic (exact) mass is 381 g/mol. The van der Waals surface area contributed by atoms with E-state index in [0.717, 1.165) is 12.8 Å². The van der Waals surface area contributed by atoms with Gasteiger partial charge in [-0.05, 0) is 19.3 Å². The lowest BCUT2D eigenvalue weighted by atomic mass is 10.00. The summed E-state index contributed by atoms with van der Waals surface area (Å²) in [5, 5.41) is 12.7. The lowest BCUT2D eigenvalue weighted by Gasteiger charge is -2.29. The summed E-state index contributed by atoms with van der Waals surface area (Å²) in [4.78, 5) is 52.4. The highest BCUT2D eigenvalue weighted by Gasteiger charge is 2.44. The Bertz CT molecular complexity index is 580. The Kier molecular flexibility index (Phi) is 7.77. The van der Waals surface area contributed by atoms with E-state index in [-0.39, 0.29) is 49.3 Å². The molecule has 0 radical (unpaired) electrons. The Labute approximate surface area is 160 Å². The summed E-state index contributed by atoms with van der Waals surface area (Å²) in [6.07, 6.45) is 2.03. The molecule has 2 aliphatic heterocycles. The average molecular weight is 381 g/mol. The van der Waals surface area contributed by atoms with Crippen LogP contribution in [0, 0.1) is 0 Å². The first-order chi connectivity index (χ1) is 12.9. The summed E-state index contributed by atoms with van der Waals surface area (Å²) in [6.45, 7) is 4.94. The van der Waals surface area contributed by atoms with Gasteiger partial charge in [0.1, 0.15) is 0 Å². The minimum Gasteiger partial charge on any atom is -0.391 e. The number of nitrogens with zero attached hydrogens (tertiary/aromatic N) is 2. The van der Waals surface area contributed by atoms with Crippen LogP contribution in [0.15, 0.2) is 0 Å². The molecular formula is C19H31N3O5. The van der Waals surface area contributed by atoms with Crippen molar-refractivity contribution in [1.82, 2.24) is 15.1 Å². The number of hydrogen-bond donors (Lipinski definition) is 2. The maximum absolute atomic E-state index is 13.0. The number of hydrogen-bond acceptors (Lipinski definition) is 5. The van der Waals surface area contributed by atoms with E-state index in [4.69, 9.17) is 0 Å². The molecular weight excluding hydrogens is 350 g/mol. The van der Waals surface area contributed by atoms with Crippen molar-refractivity contribution in [3.8, 4) is 0 Å². The highest BCUT2D eigenvalue weighted by molar-refractivity contribution is 5.96. The van der Waals surface area contributed by atoms with Gasteiger partial charge in [0.25, 0.3) is 0 Å². The minimum atomic E-state index is -0.756. The van der Waals surface area contributed by atoms with Gasteiger partial charge in [0.2, 0.25) is 17.7 Å². The molecule has 3 amide bonds. The molecule has 2 N–H and O–H groups in total. The molecule has 2 saturated heterocycles. The zero-order chi connectivity index (χ0) is 20.0. The van der Waals surface area contributed by atoms with Crippen molar-refractivity contribution in [2.75, 3.05) is 19.6 Å². The molecule has 27 heavy (non-hydrogen) atoms. The van der Waals surface area contributed by atoms with Gasteiger partial charge in [0, 0.05) is 45.3 Å². The molecule has 2 aliphatic rings. The van der Waals surface area contributed by atoms with Gasteiger partial charge in [0.15, 0.2) is 5.78 Å². The summed E-state index contributed by atoms with van der Waals surface area (Å²) in [6, 6.07) is -1.24. The molecule has 0 saturated carbocycles. The van der Waals surface area contributed by atoms with Gasteiger partial charge in [-0.3, -0.25) is 19.2 Å². The van der Waals surface area contributed by atoms with Crippen LogP contribution in [0.5, 0.6) is 0 Å². The Morgan fingerprint density at radius 3 is 2.44 bits per heavy atom. The summed E-state index contributed by atoms with van der Waals surface area (Å²) in [5.74, 6) is -0.726. The van der Waals surface area contributed by atoms with Crippen LogP contribution in [0.1, 0.15) is 58.8 Å². The zero-order valence-electron chi connectivity index (χ0n) is 16.3. The molecule has 0 spiro atoms. The van der Waals surface area contributed by atoms with Crippen LogP contribution >= 0.6 is 0 Å². The molecule has 0 aromatic heterocycles. The fourth-order valence-electron chi connectivity index (χ4n) is 3.86. The smallest absolute Gasteiger partial charge is 0.223 e. The van der Waals surface area contributed by atoms with Gasteiger partial charge < -0.3 is 20.2 Å². The van der Waals surface area contributed by atoms with Crippen LogP contribution < -0.4 is 5.32 Å². The topological polar surface area (TPSA) is 107 Å². The van der Waals surface area contributed by atoms with Crippen molar-refractivity contribution < 1.29 is 24.3 Å². The van der Waals surface area contributed by atoms with E-state index >= 15 is 0 Å². The number of likely N-dealkylation sites (tertiary alicyclic amines) is 2. The van der Waals surface area contributed by atoms with E-state index in [0.29, 0.717) is 25.9 Å². The van der Waals surface area contributed by atoms with Crippen molar-refractivity contribution in [1.29, 1.82) is 0 Å². The van der Waals surface area contributed by atoms with Gasteiger partial charge in [-0.15, -0.1) is 0 Å². The van der Waals surface area contributed by atoms with Crippen molar-refractivity contribution in [2.24, 2.45) is 0 Å². The summed E-state index contributed by atoms with van der Waals surface area (Å²) >= 11 is 0. The third-order valence-electron chi connectivity index (χ3n) is 5.27. The van der Waals surface area contributed by atoms with Crippen LogP contribution in [0.4, 0.5) is 0 Å². The first-order valence-electron chi connectivity index (χ1n) is 9.96. The Hall–Kier alpha value is -1.96. The normalized spacial score (nSPS) is 24.9. The van der Waals surface area contributed by atoms with Crippen molar-refractivity contribution >= 4 is 23.5 Å². The zero-order valence-corrected chi connectivity index (χ0v) is 16.3. The SMILES string of the molecule is CCCNC(=O)CCC(=O)N1C[C@@H](O)CC1C(=O)[C@@H]1CCCN1C(=O)CC. The Balaban J connectivity index is 2.00. The van der Waals surface area contributed by atoms with E-state index in [1.54, 1.807) is 11.8 Å². The van der Waals surface area contributed by atoms with Crippen molar-refractivity contribution in [3.63, 3.8) is 0 Å². The molecule has 152 valence electrons. The molecule has 1 unspecified atom stereocenters. The maximum Gasteiger partial charge on any atom is 0.223 e. The van der Waals surface area contributed by atoms with Crippen LogP contribution in [0.3, 0.4) is 0 Å². The highest BCUT2D eigenvalue weighted by atomic mass is 16.3. The van der Waals surface area contributed by atoms with Crippen LogP contribution in [0.25, 0.3) is 0 Å². The lowest BCUT2D eigenvalue weighted by Crippen LogP contribution is -2.49. The number of rotatable bonds is 8. The number of Topliss-reactive ketones (excluding diaryl/α,β-unsaturated/α-hetero) is 1. The summed E-state index contributed by atoms with van der Waals surface area (Å²) in [7, 11) is 0. The van der Waals surface area contributed by atoms with Gasteiger partial charge >= 0.3 is 0 Å². The second-order valence-corrected chi connectivity index (χ2v) is 7.30. The molecule has 2 rings (SSSR count). The van der Waals surface area contributed by atoms with Crippen LogP contribution in [0.2, 0.25) is 0 Å². The fourth-order valence-corrected chi connectivity index (χ4v) is 3.86. The Morgan fingerprint density at radius 2 is 1.78 bits per heavy atom. The van der Waals surface area contributed by atoms with E-state index in [1.165, 1.54) is 4.90 Å². The summed E-state index contributed by atoms with van der Waals surface area (Å²) < 4.78 is 0. The highest BCUT2D eigenvalue weighted by Crippen LogP contribution is 2.27. The molecule has 2 heterocycles. The second kappa shape index (κ2) is 9.82. The molecule has 3 atom stereocenters. The number of nitrogens with one attached hydrogen (secondary N) is 1. The average Bonchev–Trinajstić information content (AvgIpc) is 3.30. The quantitative estimate of drug-likeness (QED) is 0.626. The standard InChI is InChI=1S/C19H31N3O5/c1-3-9-20-16(24)7-8-18(26)22-12-13(23)11-15(22)19(27)14-6-5-10-21(14)17(25)4-2/h13-15,23H,3-12H2,1-2H3,(H,20,24)/t13-,14-,15?/m0/s1. The second-order valence-electron chi connectivity index (χ2n) is 7.30. The first kappa shape index (κ1) is 21.3. The van der Waals surface area contributed by atoms with Crippen molar-refractivity contribution in [2.45, 2.75) is 77.0 Å². The van der Waals surface area contributed by atoms with Crippen molar-refractivity contribution in [3.05, 3.63) is 0 Å². The van der Waals surface area contributed by atoms with Gasteiger partial charge in [0.05, 0.1) is 18.2 Å². The predicted octanol–water partition coefficient (Wildman–Crippen LogP) is 0.225. The van der Waals surface area contributed by atoms with E-state index in [9.17, 15) is 24.3 Å². The van der Waals surface area contributed by atoms with Gasteiger partial charge in [-0.2, -0.15) is 0 Å². The number of carbonyl (C=O) groups is 4. The van der Waals surface area contributed by atoms with Gasteiger partial charge in [-0.25, -0.2) is 0 Å². The molecule has 0 bridgehead atoms. The number of β-amino-alcohol motifs (C(OH)–C–C–N with tert-alkyl or cyclic N) is 1. The number of ketones is 1. The van der Waals surface area contributed by atoms with E-state index in [2.05, 4.69) is 5.32 Å². The molecule has 8 heteroatoms. The lowest BCUT2D eigenvalue weighted by molar-refractivity contribution is -0.143. The van der Waals surface area contributed by atoms with Crippen LogP contribution in [-0.4, -0.2) is 76.2 Å². The predicted molar refractivity (Wildman–Crippen MR) is 98.7 cm³/mol. The summed E-state index contributed by atoms with van der Waals surface area (Å²) in [5.41, 5.74) is 0. The first-order valence-corrected chi connectivity index (χ1v) is 9.96. The maximum atomic E-state index is 13.0. The number of aliphatic hydroxyl groups is 1. The number of amides is 3. The molecule has 0 aliphatic carbocycles. The number of aliphatic hydroxyl groups excluding tert-OH is 1. The molecule has 0 aromatic rings.